The summed E-state index contributed by atoms with van der Waals surface area (Å²) in [5.74, 6) is -0.242. The molecule has 0 radical (unpaired) electrons. The quantitative estimate of drug-likeness (QED) is 0.717. The maximum atomic E-state index is 12.4. The van der Waals surface area contributed by atoms with Gasteiger partial charge in [-0.1, -0.05) is 0 Å². The van der Waals surface area contributed by atoms with Crippen LogP contribution in [0.3, 0.4) is 0 Å². The van der Waals surface area contributed by atoms with Crippen LogP contribution in [0.2, 0.25) is 0 Å². The Morgan fingerprint density at radius 1 is 1.42 bits per heavy atom. The van der Waals surface area contributed by atoms with E-state index in [0.29, 0.717) is 17.9 Å². The van der Waals surface area contributed by atoms with Crippen LogP contribution in [-0.2, 0) is 6.42 Å². The van der Waals surface area contributed by atoms with E-state index in [1.54, 1.807) is 21.9 Å². The Labute approximate surface area is 144 Å². The molecule has 3 rings (SSSR count). The lowest BCUT2D eigenvalue weighted by atomic mass is 10.0. The highest BCUT2D eigenvalue weighted by Gasteiger charge is 2.15. The molecule has 1 amide bonds. The number of aliphatic hydroxyl groups excluding tert-OH is 1. The maximum Gasteiger partial charge on any atom is 0.270 e. The second kappa shape index (κ2) is 7.11. The van der Waals surface area contributed by atoms with Gasteiger partial charge in [-0.3, -0.25) is 4.79 Å². The average Bonchev–Trinajstić information content (AvgIpc) is 3.19. The molecule has 6 nitrogen and oxygen atoms in total. The van der Waals surface area contributed by atoms with E-state index in [-0.39, 0.29) is 18.4 Å². The number of aliphatic hydroxyl groups is 1. The number of aromatic nitrogens is 3. The molecule has 0 fully saturated rings. The van der Waals surface area contributed by atoms with Crippen LogP contribution in [-0.4, -0.2) is 38.8 Å². The topological polar surface area (TPSA) is 79.5 Å². The van der Waals surface area contributed by atoms with Crippen molar-refractivity contribution in [2.45, 2.75) is 20.3 Å². The van der Waals surface area contributed by atoms with Gasteiger partial charge in [-0.05, 0) is 48.7 Å². The summed E-state index contributed by atoms with van der Waals surface area (Å²) < 4.78 is 1.72. The Balaban J connectivity index is 1.67. The van der Waals surface area contributed by atoms with Crippen LogP contribution in [0, 0.1) is 19.8 Å². The first-order chi connectivity index (χ1) is 11.6. The van der Waals surface area contributed by atoms with E-state index in [9.17, 15) is 9.90 Å². The Morgan fingerprint density at radius 3 is 2.96 bits per heavy atom. The van der Waals surface area contributed by atoms with Gasteiger partial charge >= 0.3 is 0 Å². The lowest BCUT2D eigenvalue weighted by Crippen LogP contribution is -2.32. The van der Waals surface area contributed by atoms with Crippen LogP contribution >= 0.6 is 11.3 Å². The number of carbonyl (C=O) groups excluding carboxylic acids is 1. The number of nitrogens with one attached hydrogen (secondary N) is 1. The highest BCUT2D eigenvalue weighted by molar-refractivity contribution is 7.07. The Hall–Kier alpha value is -2.25. The zero-order valence-corrected chi connectivity index (χ0v) is 14.5. The summed E-state index contributed by atoms with van der Waals surface area (Å²) in [6.07, 6.45) is 0.744. The SMILES string of the molecule is Cc1cc2nc(C(=O)NC[C@@H](CO)Cc3ccsc3)cc(C)n2n1. The van der Waals surface area contributed by atoms with E-state index in [2.05, 4.69) is 20.8 Å². The molecule has 0 saturated carbocycles. The summed E-state index contributed by atoms with van der Waals surface area (Å²) in [7, 11) is 0. The number of thiophene rings is 1. The van der Waals surface area contributed by atoms with Crippen LogP contribution < -0.4 is 5.32 Å². The van der Waals surface area contributed by atoms with Crippen LogP contribution in [0.5, 0.6) is 0 Å². The number of nitrogens with zero attached hydrogens (tertiary/aromatic N) is 3. The van der Waals surface area contributed by atoms with Gasteiger partial charge in [-0.2, -0.15) is 16.4 Å². The predicted molar refractivity (Wildman–Crippen MR) is 93.4 cm³/mol. The molecule has 0 bridgehead atoms. The van der Waals surface area contributed by atoms with Gasteiger partial charge in [0.25, 0.3) is 5.91 Å². The van der Waals surface area contributed by atoms with Gasteiger partial charge in [0.05, 0.1) is 5.69 Å². The zero-order chi connectivity index (χ0) is 17.1. The van der Waals surface area contributed by atoms with Crippen molar-refractivity contribution in [3.8, 4) is 0 Å². The van der Waals surface area contributed by atoms with Gasteiger partial charge in [0.1, 0.15) is 5.69 Å². The number of hydrogen-bond acceptors (Lipinski definition) is 5. The van der Waals surface area contributed by atoms with Gasteiger partial charge in [-0.15, -0.1) is 0 Å². The Bertz CT molecular complexity index is 842. The highest BCUT2D eigenvalue weighted by atomic mass is 32.1. The van der Waals surface area contributed by atoms with Crippen molar-refractivity contribution in [1.82, 2.24) is 19.9 Å². The lowest BCUT2D eigenvalue weighted by molar-refractivity contribution is 0.0935. The van der Waals surface area contributed by atoms with Gasteiger partial charge in [-0.25, -0.2) is 9.50 Å². The van der Waals surface area contributed by atoms with E-state index >= 15 is 0 Å². The lowest BCUT2D eigenvalue weighted by Gasteiger charge is -2.14. The second-order valence-corrected chi connectivity index (χ2v) is 6.71. The number of aryl methyl sites for hydroxylation is 2. The molecule has 0 spiro atoms. The summed E-state index contributed by atoms with van der Waals surface area (Å²) in [6.45, 7) is 4.23. The number of rotatable bonds is 6. The third kappa shape index (κ3) is 3.63. The van der Waals surface area contributed by atoms with Crippen molar-refractivity contribution in [1.29, 1.82) is 0 Å². The molecule has 0 unspecified atom stereocenters. The fourth-order valence-electron chi connectivity index (χ4n) is 2.63. The maximum absolute atomic E-state index is 12.4. The van der Waals surface area contributed by atoms with Crippen LogP contribution in [0.15, 0.2) is 29.0 Å². The standard InChI is InChI=1S/C17H20N4O2S/c1-11-5-16-19-15(6-12(2)21(16)20-11)17(23)18-8-14(9-22)7-13-3-4-24-10-13/h3-6,10,14,22H,7-9H2,1-2H3,(H,18,23)/t14-/m0/s1. The molecule has 7 heteroatoms. The molecule has 126 valence electrons. The molecule has 24 heavy (non-hydrogen) atoms. The van der Waals surface area contributed by atoms with Gasteiger partial charge in [0, 0.05) is 30.8 Å². The van der Waals surface area contributed by atoms with Crippen LogP contribution in [0.4, 0.5) is 0 Å². The molecular weight excluding hydrogens is 324 g/mol. The second-order valence-electron chi connectivity index (χ2n) is 5.93. The van der Waals surface area contributed by atoms with Gasteiger partial charge in [0.2, 0.25) is 0 Å². The normalized spacial score (nSPS) is 12.5. The molecule has 0 aromatic carbocycles. The van der Waals surface area contributed by atoms with E-state index in [0.717, 1.165) is 17.8 Å². The third-order valence-electron chi connectivity index (χ3n) is 3.87. The molecule has 3 aromatic heterocycles. The first-order valence-corrected chi connectivity index (χ1v) is 8.75. The minimum atomic E-state index is -0.233. The predicted octanol–water partition coefficient (Wildman–Crippen LogP) is 1.99. The summed E-state index contributed by atoms with van der Waals surface area (Å²) >= 11 is 1.63. The van der Waals surface area contributed by atoms with Crippen molar-refractivity contribution >= 4 is 22.9 Å². The zero-order valence-electron chi connectivity index (χ0n) is 13.7. The van der Waals surface area contributed by atoms with Crippen LogP contribution in [0.25, 0.3) is 5.65 Å². The molecule has 0 aliphatic carbocycles. The summed E-state index contributed by atoms with van der Waals surface area (Å²) in [6, 6.07) is 5.61. The molecule has 1 atom stereocenters. The van der Waals surface area contributed by atoms with E-state index in [1.165, 1.54) is 5.56 Å². The average molecular weight is 344 g/mol. The fraction of sp³-hybridized carbons (Fsp3) is 0.353. The minimum Gasteiger partial charge on any atom is -0.396 e. The van der Waals surface area contributed by atoms with Gasteiger partial charge < -0.3 is 10.4 Å². The van der Waals surface area contributed by atoms with E-state index < -0.39 is 0 Å². The van der Waals surface area contributed by atoms with Crippen LogP contribution in [0.1, 0.15) is 27.4 Å². The minimum absolute atomic E-state index is 0.00871. The smallest absolute Gasteiger partial charge is 0.270 e. The molecule has 3 aromatic rings. The molecule has 0 aliphatic heterocycles. The number of hydrogen-bond donors (Lipinski definition) is 2. The summed E-state index contributed by atoms with van der Waals surface area (Å²) in [5.41, 5.74) is 3.93. The van der Waals surface area contributed by atoms with Crippen molar-refractivity contribution in [3.05, 3.63) is 51.6 Å². The molecule has 0 saturated heterocycles. The van der Waals surface area contributed by atoms with Crippen molar-refractivity contribution in [2.24, 2.45) is 5.92 Å². The molecular formula is C17H20N4O2S. The summed E-state index contributed by atoms with van der Waals surface area (Å²) in [4.78, 5) is 16.8. The molecule has 2 N–H and O–H groups in total. The molecule has 3 heterocycles. The fourth-order valence-corrected chi connectivity index (χ4v) is 3.31. The largest absolute Gasteiger partial charge is 0.396 e. The van der Waals surface area contributed by atoms with E-state index in [4.69, 9.17) is 0 Å². The molecule has 0 aliphatic rings. The monoisotopic (exact) mass is 344 g/mol. The first kappa shape index (κ1) is 16.6. The Kier molecular flexibility index (Phi) is 4.92. The third-order valence-corrected chi connectivity index (χ3v) is 4.61. The van der Waals surface area contributed by atoms with Crippen molar-refractivity contribution < 1.29 is 9.90 Å². The number of amides is 1. The highest BCUT2D eigenvalue weighted by Crippen LogP contribution is 2.12. The van der Waals surface area contributed by atoms with Gasteiger partial charge in [0.15, 0.2) is 5.65 Å². The summed E-state index contributed by atoms with van der Waals surface area (Å²) in [5, 5.41) is 20.8. The number of fused-ring (bicyclic) bond motifs is 1. The van der Waals surface area contributed by atoms with E-state index in [1.807, 2.05) is 31.4 Å². The number of carbonyl (C=O) groups is 1. The van der Waals surface area contributed by atoms with Crippen molar-refractivity contribution in [2.75, 3.05) is 13.2 Å². The first-order valence-electron chi connectivity index (χ1n) is 7.81. The Morgan fingerprint density at radius 2 is 2.25 bits per heavy atom. The van der Waals surface area contributed by atoms with Crippen molar-refractivity contribution in [3.63, 3.8) is 0 Å².